The van der Waals surface area contributed by atoms with E-state index in [-0.39, 0.29) is 12.5 Å². The Balaban J connectivity index is 1.49. The molecule has 0 N–H and O–H groups in total. The van der Waals surface area contributed by atoms with Crippen molar-refractivity contribution in [2.75, 3.05) is 24.7 Å². The van der Waals surface area contributed by atoms with E-state index in [9.17, 15) is 4.79 Å². The number of rotatable bonds is 4. The first-order chi connectivity index (χ1) is 16.7. The summed E-state index contributed by atoms with van der Waals surface area (Å²) in [6.45, 7) is 2.83. The number of carbonyl (C=O) groups is 1. The molecule has 1 fully saturated rings. The Labute approximate surface area is 194 Å². The maximum absolute atomic E-state index is 12.6. The monoisotopic (exact) mass is 452 g/mol. The largest absolute Gasteiger partial charge is 0.449 e. The number of ether oxygens (including phenoxy) is 1. The molecule has 1 aromatic carbocycles. The Morgan fingerprint density at radius 3 is 2.79 bits per heavy atom. The highest BCUT2D eigenvalue weighted by Crippen LogP contribution is 2.33. The number of aromatic nitrogens is 5. The number of pyridine rings is 1. The smallest absolute Gasteiger partial charge is 0.254 e. The molecule has 1 amide bonds. The number of fused-ring (bicyclic) bond motifs is 1. The van der Waals surface area contributed by atoms with Crippen molar-refractivity contribution in [3.63, 3.8) is 0 Å². The van der Waals surface area contributed by atoms with Crippen LogP contribution in [0.3, 0.4) is 0 Å². The van der Waals surface area contributed by atoms with Crippen molar-refractivity contribution in [1.82, 2.24) is 24.7 Å². The van der Waals surface area contributed by atoms with Crippen LogP contribution in [0, 0.1) is 6.92 Å². The SMILES string of the molecule is Cc1cccc(-c2cnn(-c3nc(N4CCOCC4=O)c4oc(-c5ccccn5)cc4n3)c2)c1. The number of aryl methyl sites for hydroxylation is 1. The summed E-state index contributed by atoms with van der Waals surface area (Å²) in [5, 5.41) is 4.49. The van der Waals surface area contributed by atoms with E-state index in [4.69, 9.17) is 19.1 Å². The Bertz CT molecular complexity index is 1510. The van der Waals surface area contributed by atoms with Crippen LogP contribution in [0.15, 0.2) is 71.5 Å². The van der Waals surface area contributed by atoms with Crippen molar-refractivity contribution in [2.45, 2.75) is 6.92 Å². The maximum atomic E-state index is 12.6. The van der Waals surface area contributed by atoms with Gasteiger partial charge < -0.3 is 9.15 Å². The van der Waals surface area contributed by atoms with Gasteiger partial charge in [0, 0.05) is 24.0 Å². The fourth-order valence-corrected chi connectivity index (χ4v) is 3.97. The number of hydrogen-bond donors (Lipinski definition) is 0. The Hall–Kier alpha value is -4.37. The molecule has 0 aliphatic carbocycles. The van der Waals surface area contributed by atoms with Crippen LogP contribution in [0.1, 0.15) is 5.56 Å². The first-order valence-corrected chi connectivity index (χ1v) is 10.9. The van der Waals surface area contributed by atoms with Crippen LogP contribution >= 0.6 is 0 Å². The summed E-state index contributed by atoms with van der Waals surface area (Å²) < 4.78 is 13.0. The van der Waals surface area contributed by atoms with E-state index in [1.807, 2.05) is 42.6 Å². The van der Waals surface area contributed by atoms with E-state index in [2.05, 4.69) is 29.1 Å². The highest BCUT2D eigenvalue weighted by Gasteiger charge is 2.27. The number of anilines is 1. The fourth-order valence-electron chi connectivity index (χ4n) is 3.97. The molecular weight excluding hydrogens is 432 g/mol. The predicted octanol–water partition coefficient (Wildman–Crippen LogP) is 3.81. The van der Waals surface area contributed by atoms with Crippen LogP contribution in [0.2, 0.25) is 0 Å². The molecule has 0 unspecified atom stereocenters. The number of carbonyl (C=O) groups excluding carboxylic acids is 1. The van der Waals surface area contributed by atoms with Gasteiger partial charge in [-0.25, -0.2) is 9.67 Å². The Kier molecular flexibility index (Phi) is 4.88. The summed E-state index contributed by atoms with van der Waals surface area (Å²) in [6.07, 6.45) is 5.35. The van der Waals surface area contributed by atoms with E-state index >= 15 is 0 Å². The minimum Gasteiger partial charge on any atom is -0.449 e. The van der Waals surface area contributed by atoms with Gasteiger partial charge >= 0.3 is 0 Å². The van der Waals surface area contributed by atoms with Crippen molar-refractivity contribution in [3.05, 3.63) is 72.7 Å². The molecule has 0 bridgehead atoms. The van der Waals surface area contributed by atoms with Gasteiger partial charge in [-0.3, -0.25) is 14.7 Å². The van der Waals surface area contributed by atoms with Gasteiger partial charge in [0.05, 0.1) is 19.3 Å². The number of hydrogen-bond acceptors (Lipinski definition) is 7. The van der Waals surface area contributed by atoms with E-state index in [0.717, 1.165) is 16.7 Å². The van der Waals surface area contributed by atoms with Crippen molar-refractivity contribution >= 4 is 22.8 Å². The molecule has 1 saturated heterocycles. The third-order valence-corrected chi connectivity index (χ3v) is 5.64. The average Bonchev–Trinajstić information content (AvgIpc) is 3.52. The molecule has 0 saturated carbocycles. The van der Waals surface area contributed by atoms with Crippen molar-refractivity contribution in [3.8, 4) is 28.5 Å². The molecule has 4 aromatic heterocycles. The minimum atomic E-state index is -0.186. The zero-order valence-corrected chi connectivity index (χ0v) is 18.4. The molecule has 6 rings (SSSR count). The number of amides is 1. The number of morpholine rings is 1. The quantitative estimate of drug-likeness (QED) is 0.409. The fraction of sp³-hybridized carbons (Fsp3) is 0.160. The van der Waals surface area contributed by atoms with Crippen LogP contribution in [-0.2, 0) is 9.53 Å². The second-order valence-electron chi connectivity index (χ2n) is 8.03. The predicted molar refractivity (Wildman–Crippen MR) is 126 cm³/mol. The molecular formula is C25H20N6O3. The van der Waals surface area contributed by atoms with Crippen LogP contribution < -0.4 is 4.90 Å². The second-order valence-corrected chi connectivity index (χ2v) is 8.03. The first-order valence-electron chi connectivity index (χ1n) is 10.9. The molecule has 0 atom stereocenters. The van der Waals surface area contributed by atoms with Gasteiger partial charge in [-0.2, -0.15) is 10.1 Å². The van der Waals surface area contributed by atoms with E-state index < -0.39 is 0 Å². The van der Waals surface area contributed by atoms with Gasteiger partial charge in [0.15, 0.2) is 17.2 Å². The molecule has 5 aromatic rings. The highest BCUT2D eigenvalue weighted by molar-refractivity contribution is 6.00. The van der Waals surface area contributed by atoms with Crippen LogP contribution in [0.4, 0.5) is 5.82 Å². The Morgan fingerprint density at radius 2 is 1.97 bits per heavy atom. The molecule has 0 radical (unpaired) electrons. The standard InChI is InChI=1S/C25H20N6O3/c1-16-5-4-6-17(11-16)18-13-27-31(14-18)25-28-20-12-21(19-7-2-3-8-26-19)34-23(20)24(29-25)30-9-10-33-15-22(30)32/h2-8,11-14H,9-10,15H2,1H3. The number of furan rings is 1. The van der Waals surface area contributed by atoms with Gasteiger partial charge in [0.1, 0.15) is 17.8 Å². The highest BCUT2D eigenvalue weighted by atomic mass is 16.5. The van der Waals surface area contributed by atoms with Crippen LogP contribution in [0.5, 0.6) is 0 Å². The van der Waals surface area contributed by atoms with Crippen molar-refractivity contribution in [2.24, 2.45) is 0 Å². The van der Waals surface area contributed by atoms with Crippen LogP contribution in [0.25, 0.3) is 39.6 Å². The normalized spacial score (nSPS) is 14.1. The molecule has 34 heavy (non-hydrogen) atoms. The Morgan fingerprint density at radius 1 is 1.03 bits per heavy atom. The number of benzene rings is 1. The zero-order chi connectivity index (χ0) is 23.1. The molecule has 168 valence electrons. The zero-order valence-electron chi connectivity index (χ0n) is 18.4. The number of nitrogens with zero attached hydrogens (tertiary/aromatic N) is 6. The average molecular weight is 452 g/mol. The molecule has 9 heteroatoms. The molecule has 0 spiro atoms. The lowest BCUT2D eigenvalue weighted by molar-refractivity contribution is -0.125. The first kappa shape index (κ1) is 20.3. The lowest BCUT2D eigenvalue weighted by Crippen LogP contribution is -2.42. The summed E-state index contributed by atoms with van der Waals surface area (Å²) in [5.41, 5.74) is 4.81. The van der Waals surface area contributed by atoms with E-state index in [1.54, 1.807) is 22.0 Å². The molecule has 9 nitrogen and oxygen atoms in total. The van der Waals surface area contributed by atoms with Gasteiger partial charge in [0.25, 0.3) is 11.9 Å². The summed E-state index contributed by atoms with van der Waals surface area (Å²) in [6, 6.07) is 15.6. The van der Waals surface area contributed by atoms with E-state index in [1.165, 1.54) is 0 Å². The third kappa shape index (κ3) is 3.61. The summed E-state index contributed by atoms with van der Waals surface area (Å²) in [7, 11) is 0. The van der Waals surface area contributed by atoms with Gasteiger partial charge in [-0.05, 0) is 24.6 Å². The topological polar surface area (TPSA) is 99.2 Å². The van der Waals surface area contributed by atoms with Crippen LogP contribution in [-0.4, -0.2) is 50.4 Å². The lowest BCUT2D eigenvalue weighted by Gasteiger charge is -2.25. The lowest BCUT2D eigenvalue weighted by atomic mass is 10.1. The summed E-state index contributed by atoms with van der Waals surface area (Å²) in [4.78, 5) is 28.0. The second kappa shape index (κ2) is 8.20. The molecule has 1 aliphatic heterocycles. The maximum Gasteiger partial charge on any atom is 0.254 e. The third-order valence-electron chi connectivity index (χ3n) is 5.64. The summed E-state index contributed by atoms with van der Waals surface area (Å²) >= 11 is 0. The summed E-state index contributed by atoms with van der Waals surface area (Å²) in [5.74, 6) is 1.09. The van der Waals surface area contributed by atoms with Crippen molar-refractivity contribution < 1.29 is 13.9 Å². The molecule has 5 heterocycles. The minimum absolute atomic E-state index is 0.00604. The van der Waals surface area contributed by atoms with Gasteiger partial charge in [-0.1, -0.05) is 35.9 Å². The van der Waals surface area contributed by atoms with Crippen molar-refractivity contribution in [1.29, 1.82) is 0 Å². The molecule has 1 aliphatic rings. The van der Waals surface area contributed by atoms with E-state index in [0.29, 0.717) is 47.5 Å². The van der Waals surface area contributed by atoms with Gasteiger partial charge in [-0.15, -0.1) is 0 Å². The van der Waals surface area contributed by atoms with Gasteiger partial charge in [0.2, 0.25) is 0 Å².